The van der Waals surface area contributed by atoms with Crippen molar-refractivity contribution < 1.29 is 0 Å². The van der Waals surface area contributed by atoms with E-state index < -0.39 is 0 Å². The lowest BCUT2D eigenvalue weighted by Crippen LogP contribution is -1.96. The molecule has 0 bridgehead atoms. The molecule has 0 aliphatic rings. The number of nitrogens with one attached hydrogen (secondary N) is 1. The zero-order chi connectivity index (χ0) is 13.4. The summed E-state index contributed by atoms with van der Waals surface area (Å²) >= 11 is 3.58. The fourth-order valence-corrected chi connectivity index (χ4v) is 3.85. The van der Waals surface area contributed by atoms with Gasteiger partial charge in [0, 0.05) is 9.75 Å². The first-order valence-corrected chi connectivity index (χ1v) is 7.92. The Hall–Kier alpha value is -1.39. The molecular formula is C15H16N2S2. The average Bonchev–Trinajstić information content (AvgIpc) is 2.90. The standard InChI is InChI=1S/C15H16N2S2/c1-9-4-5-14-13(6-9)17-15(19-14)16-8-12-7-10(2)11(3)18-12/h4-7H,8H2,1-3H3,(H,16,17). The number of hydrogen-bond acceptors (Lipinski definition) is 4. The Labute approximate surface area is 121 Å². The molecule has 19 heavy (non-hydrogen) atoms. The normalized spacial score (nSPS) is 11.1. The first kappa shape index (κ1) is 12.6. The van der Waals surface area contributed by atoms with Crippen LogP contribution in [0.2, 0.25) is 0 Å². The molecule has 0 atom stereocenters. The predicted molar refractivity (Wildman–Crippen MR) is 85.5 cm³/mol. The van der Waals surface area contributed by atoms with Gasteiger partial charge in [0.05, 0.1) is 16.8 Å². The highest BCUT2D eigenvalue weighted by Crippen LogP contribution is 2.28. The van der Waals surface area contributed by atoms with Crippen LogP contribution in [0.15, 0.2) is 24.3 Å². The lowest BCUT2D eigenvalue weighted by Gasteiger charge is -1.98. The van der Waals surface area contributed by atoms with Crippen molar-refractivity contribution in [3.63, 3.8) is 0 Å². The smallest absolute Gasteiger partial charge is 0.184 e. The van der Waals surface area contributed by atoms with Crippen LogP contribution in [0.1, 0.15) is 20.9 Å². The van der Waals surface area contributed by atoms with E-state index in [9.17, 15) is 0 Å². The van der Waals surface area contributed by atoms with E-state index in [1.54, 1.807) is 11.3 Å². The van der Waals surface area contributed by atoms with Crippen molar-refractivity contribution >= 4 is 38.0 Å². The van der Waals surface area contributed by atoms with Crippen molar-refractivity contribution in [2.24, 2.45) is 0 Å². The second kappa shape index (κ2) is 4.94. The van der Waals surface area contributed by atoms with Crippen LogP contribution in [0.5, 0.6) is 0 Å². The van der Waals surface area contributed by atoms with E-state index in [2.05, 4.69) is 55.3 Å². The van der Waals surface area contributed by atoms with Crippen molar-refractivity contribution in [2.75, 3.05) is 5.32 Å². The van der Waals surface area contributed by atoms with E-state index >= 15 is 0 Å². The van der Waals surface area contributed by atoms with Gasteiger partial charge in [-0.25, -0.2) is 4.98 Å². The zero-order valence-electron chi connectivity index (χ0n) is 11.3. The summed E-state index contributed by atoms with van der Waals surface area (Å²) < 4.78 is 1.24. The molecule has 3 aromatic rings. The van der Waals surface area contributed by atoms with E-state index in [1.165, 1.54) is 25.6 Å². The fraction of sp³-hybridized carbons (Fsp3) is 0.267. The van der Waals surface area contributed by atoms with Crippen molar-refractivity contribution in [2.45, 2.75) is 27.3 Å². The van der Waals surface area contributed by atoms with Crippen LogP contribution in [0.3, 0.4) is 0 Å². The minimum absolute atomic E-state index is 0.859. The molecule has 98 valence electrons. The number of hydrogen-bond donors (Lipinski definition) is 1. The number of rotatable bonds is 3. The molecule has 0 fully saturated rings. The molecule has 3 rings (SSSR count). The maximum absolute atomic E-state index is 4.63. The van der Waals surface area contributed by atoms with Gasteiger partial charge in [-0.3, -0.25) is 0 Å². The lowest BCUT2D eigenvalue weighted by molar-refractivity contribution is 1.17. The van der Waals surface area contributed by atoms with Crippen LogP contribution in [-0.2, 0) is 6.54 Å². The Bertz CT molecular complexity index is 705. The molecule has 2 nitrogen and oxygen atoms in total. The number of aryl methyl sites for hydroxylation is 3. The number of anilines is 1. The summed E-state index contributed by atoms with van der Waals surface area (Å²) in [6.07, 6.45) is 0. The molecule has 0 aliphatic carbocycles. The van der Waals surface area contributed by atoms with Gasteiger partial charge in [0.25, 0.3) is 0 Å². The van der Waals surface area contributed by atoms with Gasteiger partial charge in [-0.15, -0.1) is 11.3 Å². The monoisotopic (exact) mass is 288 g/mol. The molecule has 0 saturated carbocycles. The largest absolute Gasteiger partial charge is 0.357 e. The van der Waals surface area contributed by atoms with Crippen LogP contribution in [0.25, 0.3) is 10.2 Å². The number of aromatic nitrogens is 1. The number of thiazole rings is 1. The lowest BCUT2D eigenvalue weighted by atomic mass is 10.2. The molecule has 4 heteroatoms. The fourth-order valence-electron chi connectivity index (χ4n) is 2.01. The highest BCUT2D eigenvalue weighted by molar-refractivity contribution is 7.22. The highest BCUT2D eigenvalue weighted by Gasteiger charge is 2.05. The Morgan fingerprint density at radius 2 is 1.95 bits per heavy atom. The summed E-state index contributed by atoms with van der Waals surface area (Å²) in [4.78, 5) is 7.40. The quantitative estimate of drug-likeness (QED) is 0.742. The number of nitrogens with zero attached hydrogens (tertiary/aromatic N) is 1. The van der Waals surface area contributed by atoms with E-state index in [0.717, 1.165) is 17.2 Å². The SMILES string of the molecule is Cc1ccc2sc(NCc3cc(C)c(C)s3)nc2c1. The van der Waals surface area contributed by atoms with Gasteiger partial charge in [0.2, 0.25) is 0 Å². The first-order valence-electron chi connectivity index (χ1n) is 6.29. The Morgan fingerprint density at radius 1 is 1.11 bits per heavy atom. The summed E-state index contributed by atoms with van der Waals surface area (Å²) in [6, 6.07) is 8.67. The van der Waals surface area contributed by atoms with Gasteiger partial charge in [-0.1, -0.05) is 17.4 Å². The van der Waals surface area contributed by atoms with E-state index in [-0.39, 0.29) is 0 Å². The summed E-state index contributed by atoms with van der Waals surface area (Å²) in [5, 5.41) is 4.43. The number of fused-ring (bicyclic) bond motifs is 1. The first-order chi connectivity index (χ1) is 9.11. The summed E-state index contributed by atoms with van der Waals surface area (Å²) in [6.45, 7) is 7.29. The summed E-state index contributed by atoms with van der Waals surface area (Å²) in [7, 11) is 0. The molecule has 2 heterocycles. The molecule has 2 aromatic heterocycles. The molecule has 0 saturated heterocycles. The Balaban J connectivity index is 1.78. The van der Waals surface area contributed by atoms with E-state index in [1.807, 2.05) is 11.3 Å². The molecule has 0 unspecified atom stereocenters. The molecule has 0 radical (unpaired) electrons. The summed E-state index contributed by atoms with van der Waals surface area (Å²) in [5.41, 5.74) is 3.72. The minimum Gasteiger partial charge on any atom is -0.357 e. The van der Waals surface area contributed by atoms with Crippen molar-refractivity contribution in [3.8, 4) is 0 Å². The van der Waals surface area contributed by atoms with Gasteiger partial charge in [0.15, 0.2) is 5.13 Å². The minimum atomic E-state index is 0.859. The van der Waals surface area contributed by atoms with Gasteiger partial charge >= 0.3 is 0 Å². The second-order valence-corrected chi connectivity index (χ2v) is 7.17. The van der Waals surface area contributed by atoms with Crippen molar-refractivity contribution in [1.82, 2.24) is 4.98 Å². The summed E-state index contributed by atoms with van der Waals surface area (Å²) in [5.74, 6) is 0. The molecule has 0 amide bonds. The molecule has 1 N–H and O–H groups in total. The Morgan fingerprint density at radius 3 is 2.68 bits per heavy atom. The van der Waals surface area contributed by atoms with Crippen molar-refractivity contribution in [1.29, 1.82) is 0 Å². The van der Waals surface area contributed by atoms with Crippen LogP contribution in [-0.4, -0.2) is 4.98 Å². The maximum Gasteiger partial charge on any atom is 0.184 e. The molecule has 0 aliphatic heterocycles. The van der Waals surface area contributed by atoms with Gasteiger partial charge in [-0.05, 0) is 50.1 Å². The van der Waals surface area contributed by atoms with Crippen LogP contribution < -0.4 is 5.32 Å². The number of thiophene rings is 1. The molecular weight excluding hydrogens is 272 g/mol. The van der Waals surface area contributed by atoms with E-state index in [4.69, 9.17) is 0 Å². The third kappa shape index (κ3) is 2.65. The highest BCUT2D eigenvalue weighted by atomic mass is 32.1. The number of benzene rings is 1. The van der Waals surface area contributed by atoms with Gasteiger partial charge < -0.3 is 5.32 Å². The van der Waals surface area contributed by atoms with Gasteiger partial charge in [-0.2, -0.15) is 0 Å². The molecule has 1 aromatic carbocycles. The topological polar surface area (TPSA) is 24.9 Å². The third-order valence-corrected chi connectivity index (χ3v) is 5.32. The second-order valence-electron chi connectivity index (χ2n) is 4.80. The van der Waals surface area contributed by atoms with Crippen LogP contribution in [0, 0.1) is 20.8 Å². The van der Waals surface area contributed by atoms with Crippen LogP contribution in [0.4, 0.5) is 5.13 Å². The van der Waals surface area contributed by atoms with Crippen LogP contribution >= 0.6 is 22.7 Å². The Kier molecular flexibility index (Phi) is 3.29. The van der Waals surface area contributed by atoms with Crippen molar-refractivity contribution in [3.05, 3.63) is 45.1 Å². The predicted octanol–water partition coefficient (Wildman–Crippen LogP) is 4.90. The zero-order valence-corrected chi connectivity index (χ0v) is 12.9. The maximum atomic E-state index is 4.63. The average molecular weight is 288 g/mol. The van der Waals surface area contributed by atoms with E-state index in [0.29, 0.717) is 0 Å². The molecule has 0 spiro atoms. The third-order valence-electron chi connectivity index (χ3n) is 3.17. The van der Waals surface area contributed by atoms with Gasteiger partial charge in [0.1, 0.15) is 0 Å².